The number of nitriles is 1. The molecule has 96 valence electrons. The summed E-state index contributed by atoms with van der Waals surface area (Å²) in [6, 6.07) is 8.97. The maximum Gasteiger partial charge on any atom is 0.185 e. The van der Waals surface area contributed by atoms with Gasteiger partial charge in [0.25, 0.3) is 0 Å². The molecule has 19 heavy (non-hydrogen) atoms. The summed E-state index contributed by atoms with van der Waals surface area (Å²) < 4.78 is 10.9. The zero-order chi connectivity index (χ0) is 13.8. The van der Waals surface area contributed by atoms with Crippen LogP contribution in [0.2, 0.25) is 0 Å². The molecule has 1 heterocycles. The lowest BCUT2D eigenvalue weighted by atomic mass is 10.1. The second-order valence-electron chi connectivity index (χ2n) is 4.26. The van der Waals surface area contributed by atoms with Gasteiger partial charge in [-0.05, 0) is 49.2 Å². The van der Waals surface area contributed by atoms with E-state index in [-0.39, 0.29) is 12.4 Å². The van der Waals surface area contributed by atoms with Gasteiger partial charge in [-0.25, -0.2) is 0 Å². The molecule has 0 aliphatic heterocycles. The fourth-order valence-corrected chi connectivity index (χ4v) is 1.92. The minimum Gasteiger partial charge on any atom is -0.485 e. The first kappa shape index (κ1) is 12.9. The van der Waals surface area contributed by atoms with Crippen LogP contribution >= 0.6 is 0 Å². The number of nitrogens with zero attached hydrogens (tertiary/aromatic N) is 1. The average molecular weight is 255 g/mol. The van der Waals surface area contributed by atoms with Crippen molar-refractivity contribution in [2.45, 2.75) is 20.5 Å². The smallest absolute Gasteiger partial charge is 0.185 e. The predicted octanol–water partition coefficient (Wildman–Crippen LogP) is 3.16. The molecular weight excluding hydrogens is 242 g/mol. The van der Waals surface area contributed by atoms with Gasteiger partial charge in [0.2, 0.25) is 0 Å². The van der Waals surface area contributed by atoms with Crippen molar-refractivity contribution in [1.82, 2.24) is 0 Å². The highest BCUT2D eigenvalue weighted by Gasteiger charge is 2.08. The predicted molar refractivity (Wildman–Crippen MR) is 69.1 cm³/mol. The molecule has 0 aliphatic rings. The van der Waals surface area contributed by atoms with Crippen LogP contribution in [0.5, 0.6) is 5.75 Å². The van der Waals surface area contributed by atoms with Crippen molar-refractivity contribution in [2.24, 2.45) is 0 Å². The van der Waals surface area contributed by atoms with Gasteiger partial charge in [-0.2, -0.15) is 5.26 Å². The Morgan fingerprint density at radius 3 is 2.53 bits per heavy atom. The van der Waals surface area contributed by atoms with Gasteiger partial charge in [-0.3, -0.25) is 4.79 Å². The highest BCUT2D eigenvalue weighted by molar-refractivity contribution is 5.70. The van der Waals surface area contributed by atoms with Gasteiger partial charge in [0, 0.05) is 0 Å². The Bertz CT molecular complexity index is 627. The molecule has 0 unspecified atom stereocenters. The van der Waals surface area contributed by atoms with E-state index >= 15 is 0 Å². The monoisotopic (exact) mass is 255 g/mol. The maximum absolute atomic E-state index is 10.5. The molecule has 0 bridgehead atoms. The number of furan rings is 1. The molecule has 0 atom stereocenters. The molecule has 0 saturated heterocycles. The van der Waals surface area contributed by atoms with Crippen LogP contribution in [0.25, 0.3) is 0 Å². The first-order valence-electron chi connectivity index (χ1n) is 5.82. The number of carbonyl (C=O) groups excluding carboxylic acids is 1. The number of carbonyl (C=O) groups is 1. The SMILES string of the molecule is Cc1cc(C#N)cc(C)c1OCc1ccc(C=O)o1. The molecule has 0 fully saturated rings. The van der Waals surface area contributed by atoms with Crippen molar-refractivity contribution in [1.29, 1.82) is 5.26 Å². The number of aryl methyl sites for hydroxylation is 2. The molecule has 0 saturated carbocycles. The van der Waals surface area contributed by atoms with Crippen LogP contribution in [-0.4, -0.2) is 6.29 Å². The lowest BCUT2D eigenvalue weighted by Gasteiger charge is -2.11. The Morgan fingerprint density at radius 2 is 2.00 bits per heavy atom. The highest BCUT2D eigenvalue weighted by atomic mass is 16.5. The lowest BCUT2D eigenvalue weighted by Crippen LogP contribution is -1.98. The minimum absolute atomic E-state index is 0.251. The van der Waals surface area contributed by atoms with Crippen molar-refractivity contribution in [3.8, 4) is 11.8 Å². The molecule has 4 heteroatoms. The van der Waals surface area contributed by atoms with Crippen LogP contribution in [0.15, 0.2) is 28.7 Å². The second kappa shape index (κ2) is 5.40. The maximum atomic E-state index is 10.5. The molecule has 0 N–H and O–H groups in total. The van der Waals surface area contributed by atoms with Crippen molar-refractivity contribution in [3.63, 3.8) is 0 Å². The van der Waals surface area contributed by atoms with Gasteiger partial charge in [0.05, 0.1) is 11.6 Å². The Hall–Kier alpha value is -2.54. The first-order valence-corrected chi connectivity index (χ1v) is 5.82. The molecular formula is C15H13NO3. The molecule has 4 nitrogen and oxygen atoms in total. The second-order valence-corrected chi connectivity index (χ2v) is 4.26. The number of hydrogen-bond acceptors (Lipinski definition) is 4. The molecule has 0 spiro atoms. The van der Waals surface area contributed by atoms with E-state index in [0.29, 0.717) is 17.6 Å². The first-order chi connectivity index (χ1) is 9.13. The third-order valence-corrected chi connectivity index (χ3v) is 2.75. The van der Waals surface area contributed by atoms with Gasteiger partial charge in [-0.1, -0.05) is 0 Å². The van der Waals surface area contributed by atoms with E-state index in [2.05, 4.69) is 6.07 Å². The van der Waals surface area contributed by atoms with Gasteiger partial charge in [0.1, 0.15) is 18.1 Å². The number of hydrogen-bond donors (Lipinski definition) is 0. The summed E-state index contributed by atoms with van der Waals surface area (Å²) in [6.45, 7) is 4.03. The van der Waals surface area contributed by atoms with Crippen LogP contribution in [0, 0.1) is 25.2 Å². The standard InChI is InChI=1S/C15H13NO3/c1-10-5-12(7-16)6-11(2)15(10)18-9-14-4-3-13(8-17)19-14/h3-6,8H,9H2,1-2H3. The molecule has 2 rings (SSSR count). The van der Waals surface area contributed by atoms with Crippen LogP contribution in [0.1, 0.15) is 33.0 Å². The summed E-state index contributed by atoms with van der Waals surface area (Å²) in [6.07, 6.45) is 0.654. The van der Waals surface area contributed by atoms with E-state index in [9.17, 15) is 4.79 Å². The third kappa shape index (κ3) is 2.83. The summed E-state index contributed by atoms with van der Waals surface area (Å²) in [5, 5.41) is 8.88. The van der Waals surface area contributed by atoms with Gasteiger partial charge >= 0.3 is 0 Å². The van der Waals surface area contributed by atoms with Crippen molar-refractivity contribution >= 4 is 6.29 Å². The molecule has 1 aromatic carbocycles. The van der Waals surface area contributed by atoms with Gasteiger partial charge < -0.3 is 9.15 Å². The van der Waals surface area contributed by atoms with Crippen molar-refractivity contribution in [2.75, 3.05) is 0 Å². The number of ether oxygens (including phenoxy) is 1. The van der Waals surface area contributed by atoms with Crippen LogP contribution in [0.4, 0.5) is 0 Å². The number of rotatable bonds is 4. The zero-order valence-electron chi connectivity index (χ0n) is 10.8. The normalized spacial score (nSPS) is 9.95. The molecule has 0 aliphatic carbocycles. The number of aldehydes is 1. The largest absolute Gasteiger partial charge is 0.485 e. The van der Waals surface area contributed by atoms with E-state index in [1.165, 1.54) is 0 Å². The number of benzene rings is 1. The Morgan fingerprint density at radius 1 is 1.32 bits per heavy atom. The fourth-order valence-electron chi connectivity index (χ4n) is 1.92. The summed E-state index contributed by atoms with van der Waals surface area (Å²) in [5.41, 5.74) is 2.42. The van der Waals surface area contributed by atoms with Gasteiger partial charge in [-0.15, -0.1) is 0 Å². The summed E-state index contributed by atoms with van der Waals surface area (Å²) in [5.74, 6) is 1.61. The fraction of sp³-hybridized carbons (Fsp3) is 0.200. The van der Waals surface area contributed by atoms with E-state index in [1.807, 2.05) is 13.8 Å². The van der Waals surface area contributed by atoms with E-state index < -0.39 is 0 Å². The van der Waals surface area contributed by atoms with Gasteiger partial charge in [0.15, 0.2) is 12.0 Å². The average Bonchev–Trinajstić information content (AvgIpc) is 2.85. The highest BCUT2D eigenvalue weighted by Crippen LogP contribution is 2.25. The molecule has 0 amide bonds. The van der Waals surface area contributed by atoms with E-state index in [1.54, 1.807) is 24.3 Å². The molecule has 2 aromatic rings. The summed E-state index contributed by atoms with van der Waals surface area (Å²) >= 11 is 0. The third-order valence-electron chi connectivity index (χ3n) is 2.75. The van der Waals surface area contributed by atoms with Crippen LogP contribution < -0.4 is 4.74 Å². The summed E-state index contributed by atoms with van der Waals surface area (Å²) in [4.78, 5) is 10.5. The van der Waals surface area contributed by atoms with Crippen molar-refractivity contribution in [3.05, 3.63) is 52.5 Å². The van der Waals surface area contributed by atoms with E-state index in [0.717, 1.165) is 16.9 Å². The van der Waals surface area contributed by atoms with Crippen LogP contribution in [0.3, 0.4) is 0 Å². The van der Waals surface area contributed by atoms with Crippen molar-refractivity contribution < 1.29 is 13.9 Å². The molecule has 1 aromatic heterocycles. The Labute approximate surface area is 111 Å². The molecule has 0 radical (unpaired) electrons. The topological polar surface area (TPSA) is 63.2 Å². The van der Waals surface area contributed by atoms with Crippen LogP contribution in [-0.2, 0) is 6.61 Å². The minimum atomic E-state index is 0.251. The lowest BCUT2D eigenvalue weighted by molar-refractivity contribution is 0.109. The Balaban J connectivity index is 2.15. The Kier molecular flexibility index (Phi) is 3.67. The zero-order valence-corrected chi connectivity index (χ0v) is 10.8. The quantitative estimate of drug-likeness (QED) is 0.787. The summed E-state index contributed by atoms with van der Waals surface area (Å²) in [7, 11) is 0. The van der Waals surface area contributed by atoms with E-state index in [4.69, 9.17) is 14.4 Å².